The third-order valence-electron chi connectivity index (χ3n) is 6.04. The number of aliphatic hydroxyl groups is 2. The van der Waals surface area contributed by atoms with E-state index in [9.17, 15) is 10.2 Å². The molecule has 0 fully saturated rings. The summed E-state index contributed by atoms with van der Waals surface area (Å²) in [6, 6.07) is 22.1. The molecule has 0 unspecified atom stereocenters. The number of aliphatic hydroxyl groups excluding tert-OH is 1. The van der Waals surface area contributed by atoms with Crippen LogP contribution in [0.5, 0.6) is 5.75 Å². The quantitative estimate of drug-likeness (QED) is 0.258. The topological polar surface area (TPSA) is 91.5 Å². The Labute approximate surface area is 197 Å². The predicted octanol–water partition coefficient (Wildman–Crippen LogP) is 5.40. The molecule has 174 valence electrons. The van der Waals surface area contributed by atoms with Crippen molar-refractivity contribution in [2.24, 2.45) is 0 Å². The fraction of sp³-hybridized carbons (Fsp3) is 0.250. The van der Waals surface area contributed by atoms with Gasteiger partial charge < -0.3 is 24.5 Å². The van der Waals surface area contributed by atoms with Crippen LogP contribution in [0, 0.1) is 0 Å². The summed E-state index contributed by atoms with van der Waals surface area (Å²) in [4.78, 5) is 3.42. The molecule has 0 radical (unpaired) electrons. The first kappa shape index (κ1) is 22.2. The van der Waals surface area contributed by atoms with Gasteiger partial charge in [-0.15, -0.1) is 0 Å². The lowest BCUT2D eigenvalue weighted by Crippen LogP contribution is -2.07. The van der Waals surface area contributed by atoms with Gasteiger partial charge in [0.1, 0.15) is 11.4 Å². The largest absolute Gasteiger partial charge is 0.493 e. The molecule has 0 amide bonds. The minimum absolute atomic E-state index is 0.218. The number of nitrogens with zero attached hydrogens (tertiary/aromatic N) is 1. The molecule has 0 atom stereocenters. The number of aromatic nitrogens is 2. The van der Waals surface area contributed by atoms with Gasteiger partial charge in [-0.1, -0.05) is 54.9 Å². The maximum atomic E-state index is 9.21. The number of H-pyrrole nitrogens is 1. The average Bonchev–Trinajstić information content (AvgIpc) is 3.44. The second-order valence-corrected chi connectivity index (χ2v) is 8.57. The predicted molar refractivity (Wildman–Crippen MR) is 133 cm³/mol. The van der Waals surface area contributed by atoms with Gasteiger partial charge >= 0.3 is 0 Å². The second-order valence-electron chi connectivity index (χ2n) is 8.57. The molecule has 6 nitrogen and oxygen atoms in total. The van der Waals surface area contributed by atoms with E-state index < -0.39 is 6.29 Å². The molecule has 0 aliphatic carbocycles. The molecule has 0 saturated carbocycles. The van der Waals surface area contributed by atoms with Crippen LogP contribution in [-0.2, 0) is 19.3 Å². The first-order chi connectivity index (χ1) is 16.6. The maximum absolute atomic E-state index is 9.21. The molecule has 0 bridgehead atoms. The highest BCUT2D eigenvalue weighted by atomic mass is 16.5. The first-order valence-electron chi connectivity index (χ1n) is 11.7. The Morgan fingerprint density at radius 2 is 1.85 bits per heavy atom. The highest BCUT2D eigenvalue weighted by molar-refractivity contribution is 5.94. The Morgan fingerprint density at radius 1 is 1.00 bits per heavy atom. The molecular weight excluding hydrogens is 428 g/mol. The van der Waals surface area contributed by atoms with Crippen LogP contribution < -0.4 is 4.74 Å². The number of hydrogen-bond acceptors (Lipinski definition) is 5. The van der Waals surface area contributed by atoms with Crippen LogP contribution >= 0.6 is 0 Å². The van der Waals surface area contributed by atoms with Gasteiger partial charge in [0.2, 0.25) is 0 Å². The van der Waals surface area contributed by atoms with Crippen LogP contribution in [-0.4, -0.2) is 33.3 Å². The lowest BCUT2D eigenvalue weighted by Gasteiger charge is -2.11. The Kier molecular flexibility index (Phi) is 6.34. The van der Waals surface area contributed by atoms with E-state index in [-0.39, 0.29) is 6.42 Å². The minimum Gasteiger partial charge on any atom is -0.493 e. The molecule has 0 aliphatic heterocycles. The van der Waals surface area contributed by atoms with Crippen molar-refractivity contribution in [1.29, 1.82) is 0 Å². The molecule has 5 rings (SSSR count). The van der Waals surface area contributed by atoms with Gasteiger partial charge in [0.15, 0.2) is 11.9 Å². The van der Waals surface area contributed by atoms with Crippen molar-refractivity contribution in [1.82, 2.24) is 10.1 Å². The van der Waals surface area contributed by atoms with Gasteiger partial charge in [-0.3, -0.25) is 0 Å². The van der Waals surface area contributed by atoms with E-state index in [2.05, 4.69) is 23.1 Å². The van der Waals surface area contributed by atoms with Gasteiger partial charge in [0.25, 0.3) is 0 Å². The molecule has 0 aliphatic rings. The van der Waals surface area contributed by atoms with Crippen LogP contribution in [0.1, 0.15) is 30.2 Å². The second kappa shape index (κ2) is 9.71. The molecule has 6 heteroatoms. The van der Waals surface area contributed by atoms with E-state index in [0.29, 0.717) is 6.61 Å². The molecule has 3 N–H and O–H groups in total. The molecule has 3 aromatic carbocycles. The van der Waals surface area contributed by atoms with Gasteiger partial charge in [-0.2, -0.15) is 0 Å². The fourth-order valence-electron chi connectivity index (χ4n) is 4.45. The van der Waals surface area contributed by atoms with Crippen molar-refractivity contribution in [3.63, 3.8) is 0 Å². The molecule has 2 heterocycles. The fourth-order valence-corrected chi connectivity index (χ4v) is 4.45. The van der Waals surface area contributed by atoms with Crippen LogP contribution in [0.15, 0.2) is 71.3 Å². The van der Waals surface area contributed by atoms with Gasteiger partial charge in [0, 0.05) is 35.2 Å². The van der Waals surface area contributed by atoms with E-state index in [1.807, 2.05) is 60.7 Å². The lowest BCUT2D eigenvalue weighted by atomic mass is 10.0. The van der Waals surface area contributed by atoms with Crippen molar-refractivity contribution in [3.8, 4) is 17.0 Å². The summed E-state index contributed by atoms with van der Waals surface area (Å²) in [6.07, 6.45) is 1.43. The molecular formula is C28H28N2O4. The normalized spacial score (nSPS) is 11.6. The SMILES string of the molecule is CCCc1c(OCCc2cc3cc(CC(O)O)ccc3[nH]2)ccc2c(-c3ccccc3)noc12. The summed E-state index contributed by atoms with van der Waals surface area (Å²) in [5, 5.41) is 24.8. The number of aryl methyl sites for hydroxylation is 1. The van der Waals surface area contributed by atoms with Crippen LogP contribution in [0.2, 0.25) is 0 Å². The number of ether oxygens (including phenoxy) is 1. The highest BCUT2D eigenvalue weighted by Gasteiger charge is 2.17. The smallest absolute Gasteiger partial charge is 0.174 e. The van der Waals surface area contributed by atoms with E-state index >= 15 is 0 Å². The summed E-state index contributed by atoms with van der Waals surface area (Å²) in [7, 11) is 0. The van der Waals surface area contributed by atoms with Gasteiger partial charge in [-0.05, 0) is 47.7 Å². The van der Waals surface area contributed by atoms with Crippen molar-refractivity contribution >= 4 is 21.9 Å². The Balaban J connectivity index is 1.34. The number of rotatable bonds is 9. The van der Waals surface area contributed by atoms with Crippen molar-refractivity contribution in [3.05, 3.63) is 83.6 Å². The summed E-state index contributed by atoms with van der Waals surface area (Å²) >= 11 is 0. The zero-order valence-electron chi connectivity index (χ0n) is 19.1. The summed E-state index contributed by atoms with van der Waals surface area (Å²) in [5.41, 5.74) is 6.72. The zero-order valence-corrected chi connectivity index (χ0v) is 19.1. The molecule has 5 aromatic rings. The zero-order chi connectivity index (χ0) is 23.5. The standard InChI is InChI=1S/C28H28N2O4/c1-2-6-22-25(12-10-23-27(30-34-28(22)23)19-7-4-3-5-8-19)33-14-13-21-17-20-15-18(16-26(31)32)9-11-24(20)29-21/h3-5,7-12,15,17,26,29,31-32H,2,6,13-14,16H2,1H3. The third kappa shape index (κ3) is 4.55. The Bertz CT molecular complexity index is 1400. The molecule has 0 saturated heterocycles. The van der Waals surface area contributed by atoms with Crippen molar-refractivity contribution in [2.75, 3.05) is 6.61 Å². The molecule has 2 aromatic heterocycles. The highest BCUT2D eigenvalue weighted by Crippen LogP contribution is 2.35. The van der Waals surface area contributed by atoms with Crippen LogP contribution in [0.25, 0.3) is 33.1 Å². The first-order valence-corrected chi connectivity index (χ1v) is 11.7. The average molecular weight is 457 g/mol. The van der Waals surface area contributed by atoms with Gasteiger partial charge in [-0.25, -0.2) is 0 Å². The number of hydrogen-bond donors (Lipinski definition) is 3. The number of fused-ring (bicyclic) bond motifs is 2. The van der Waals surface area contributed by atoms with Gasteiger partial charge in [0.05, 0.1) is 12.0 Å². The monoisotopic (exact) mass is 456 g/mol. The van der Waals surface area contributed by atoms with Crippen molar-refractivity contribution < 1.29 is 19.5 Å². The number of nitrogens with one attached hydrogen (secondary N) is 1. The summed E-state index contributed by atoms with van der Waals surface area (Å²) in [6.45, 7) is 2.67. The van der Waals surface area contributed by atoms with Crippen LogP contribution in [0.3, 0.4) is 0 Å². The third-order valence-corrected chi connectivity index (χ3v) is 6.04. The molecule has 34 heavy (non-hydrogen) atoms. The summed E-state index contributed by atoms with van der Waals surface area (Å²) < 4.78 is 12.0. The summed E-state index contributed by atoms with van der Waals surface area (Å²) in [5.74, 6) is 0.834. The minimum atomic E-state index is -1.34. The maximum Gasteiger partial charge on any atom is 0.174 e. The van der Waals surface area contributed by atoms with E-state index in [4.69, 9.17) is 9.26 Å². The Hall–Kier alpha value is -3.61. The number of aromatic amines is 1. The number of benzene rings is 3. The van der Waals surface area contributed by atoms with E-state index in [1.54, 1.807) is 0 Å². The Morgan fingerprint density at radius 3 is 2.65 bits per heavy atom. The van der Waals surface area contributed by atoms with Crippen LogP contribution in [0.4, 0.5) is 0 Å². The van der Waals surface area contributed by atoms with E-state index in [0.717, 1.165) is 75.0 Å². The van der Waals surface area contributed by atoms with E-state index in [1.165, 1.54) is 0 Å². The van der Waals surface area contributed by atoms with Crippen molar-refractivity contribution in [2.45, 2.75) is 38.9 Å². The lowest BCUT2D eigenvalue weighted by molar-refractivity contribution is -0.0381. The molecule has 0 spiro atoms.